The fourth-order valence-corrected chi connectivity index (χ4v) is 4.47. The van der Waals surface area contributed by atoms with Crippen LogP contribution in [0, 0.1) is 0 Å². The zero-order valence-electron chi connectivity index (χ0n) is 19.6. The van der Waals surface area contributed by atoms with Crippen LogP contribution in [0.4, 0.5) is 5.95 Å². The van der Waals surface area contributed by atoms with Gasteiger partial charge < -0.3 is 14.8 Å². The van der Waals surface area contributed by atoms with Gasteiger partial charge in [-0.05, 0) is 48.0 Å². The van der Waals surface area contributed by atoms with Crippen molar-refractivity contribution in [2.75, 3.05) is 31.1 Å². The third-order valence-electron chi connectivity index (χ3n) is 6.31. The van der Waals surface area contributed by atoms with Crippen LogP contribution in [0.15, 0.2) is 79.4 Å². The van der Waals surface area contributed by atoms with Crippen LogP contribution in [0.1, 0.15) is 21.9 Å². The molecular formula is C27H24N8O. The zero-order valence-corrected chi connectivity index (χ0v) is 19.6. The summed E-state index contributed by atoms with van der Waals surface area (Å²) in [4.78, 5) is 42.6. The number of nitrogens with one attached hydrogen (secondary N) is 1. The average Bonchev–Trinajstić information content (AvgIpc) is 3.37. The molecule has 1 aromatic carbocycles. The van der Waals surface area contributed by atoms with Crippen molar-refractivity contribution in [1.29, 1.82) is 0 Å². The summed E-state index contributed by atoms with van der Waals surface area (Å²) in [7, 11) is 0. The first kappa shape index (κ1) is 21.8. The topological polar surface area (TPSA) is 104 Å². The molecule has 0 aliphatic carbocycles. The van der Waals surface area contributed by atoms with E-state index in [1.165, 1.54) is 0 Å². The number of hydrogen-bond donors (Lipinski definition) is 1. The standard InChI is InChI=1S/C27H24N8O/c36-26(34-12-14-35(15-13-34)27-30-9-3-10-31-27)24-18-20-16-19(5-6-21(20)32-24)17-25-29-11-7-23(33-25)22-4-1-2-8-28-22/h1-11,16,18,32H,12-15,17H2. The van der Waals surface area contributed by atoms with Gasteiger partial charge in [-0.25, -0.2) is 19.9 Å². The molecule has 9 nitrogen and oxygen atoms in total. The molecule has 0 unspecified atom stereocenters. The average molecular weight is 477 g/mol. The zero-order chi connectivity index (χ0) is 24.3. The number of carbonyl (C=O) groups excluding carboxylic acids is 1. The number of benzene rings is 1. The molecule has 1 fully saturated rings. The Labute approximate surface area is 207 Å². The predicted octanol–water partition coefficient (Wildman–Crippen LogP) is 3.36. The van der Waals surface area contributed by atoms with E-state index in [1.54, 1.807) is 30.9 Å². The van der Waals surface area contributed by atoms with E-state index >= 15 is 0 Å². The van der Waals surface area contributed by atoms with Crippen molar-refractivity contribution in [3.05, 3.63) is 96.5 Å². The van der Waals surface area contributed by atoms with Crippen molar-refractivity contribution in [3.8, 4) is 11.4 Å². The number of nitrogens with zero attached hydrogens (tertiary/aromatic N) is 7. The van der Waals surface area contributed by atoms with Gasteiger partial charge in [0.15, 0.2) is 0 Å². The number of rotatable bonds is 5. The minimum atomic E-state index is 0.00720. The van der Waals surface area contributed by atoms with Crippen molar-refractivity contribution >= 4 is 22.8 Å². The number of anilines is 1. The van der Waals surface area contributed by atoms with Crippen LogP contribution in [0.5, 0.6) is 0 Å². The van der Waals surface area contributed by atoms with Crippen molar-refractivity contribution in [3.63, 3.8) is 0 Å². The van der Waals surface area contributed by atoms with Gasteiger partial charge in [-0.15, -0.1) is 0 Å². The van der Waals surface area contributed by atoms with Crippen molar-refractivity contribution < 1.29 is 4.79 Å². The molecule has 1 aliphatic rings. The molecule has 0 saturated carbocycles. The number of hydrogen-bond acceptors (Lipinski definition) is 7. The highest BCUT2D eigenvalue weighted by Crippen LogP contribution is 2.21. The molecule has 0 spiro atoms. The molecule has 9 heteroatoms. The van der Waals surface area contributed by atoms with Gasteiger partial charge in [0.05, 0.1) is 11.4 Å². The van der Waals surface area contributed by atoms with Crippen LogP contribution in [0.2, 0.25) is 0 Å². The number of piperazine rings is 1. The fourth-order valence-electron chi connectivity index (χ4n) is 4.47. The quantitative estimate of drug-likeness (QED) is 0.415. The van der Waals surface area contributed by atoms with Gasteiger partial charge in [0.1, 0.15) is 11.5 Å². The Balaban J connectivity index is 1.15. The Hall–Kier alpha value is -4.66. The fraction of sp³-hybridized carbons (Fsp3) is 0.185. The summed E-state index contributed by atoms with van der Waals surface area (Å²) in [6.45, 7) is 2.67. The van der Waals surface area contributed by atoms with Crippen LogP contribution < -0.4 is 4.90 Å². The van der Waals surface area contributed by atoms with E-state index in [1.807, 2.05) is 47.4 Å². The molecule has 36 heavy (non-hydrogen) atoms. The van der Waals surface area contributed by atoms with E-state index in [0.717, 1.165) is 33.7 Å². The second kappa shape index (κ2) is 9.53. The van der Waals surface area contributed by atoms with Crippen LogP contribution in [-0.4, -0.2) is 66.9 Å². The summed E-state index contributed by atoms with van der Waals surface area (Å²) in [6.07, 6.45) is 7.59. The lowest BCUT2D eigenvalue weighted by atomic mass is 10.1. The highest BCUT2D eigenvalue weighted by molar-refractivity contribution is 5.98. The van der Waals surface area contributed by atoms with E-state index < -0.39 is 0 Å². The first-order chi connectivity index (χ1) is 17.7. The van der Waals surface area contributed by atoms with E-state index in [9.17, 15) is 4.79 Å². The van der Waals surface area contributed by atoms with Crippen molar-refractivity contribution in [2.45, 2.75) is 6.42 Å². The van der Waals surface area contributed by atoms with Gasteiger partial charge in [-0.1, -0.05) is 12.1 Å². The number of aromatic nitrogens is 6. The summed E-state index contributed by atoms with van der Waals surface area (Å²) in [5.41, 5.74) is 4.23. The lowest BCUT2D eigenvalue weighted by Gasteiger charge is -2.34. The molecule has 1 saturated heterocycles. The molecule has 0 bridgehead atoms. The normalized spacial score (nSPS) is 13.8. The number of H-pyrrole nitrogens is 1. The third kappa shape index (κ3) is 4.50. The van der Waals surface area contributed by atoms with Crippen LogP contribution in [0.3, 0.4) is 0 Å². The van der Waals surface area contributed by atoms with Crippen molar-refractivity contribution in [2.24, 2.45) is 0 Å². The maximum atomic E-state index is 13.2. The van der Waals surface area contributed by atoms with Gasteiger partial charge in [0, 0.05) is 68.3 Å². The maximum absolute atomic E-state index is 13.2. The molecule has 1 N–H and O–H groups in total. The molecular weight excluding hydrogens is 452 g/mol. The van der Waals surface area contributed by atoms with Gasteiger partial charge in [0.25, 0.3) is 5.91 Å². The summed E-state index contributed by atoms with van der Waals surface area (Å²) >= 11 is 0. The molecule has 1 amide bonds. The Morgan fingerprint density at radius 3 is 2.44 bits per heavy atom. The van der Waals surface area contributed by atoms with Gasteiger partial charge in [-0.3, -0.25) is 9.78 Å². The highest BCUT2D eigenvalue weighted by atomic mass is 16.2. The summed E-state index contributed by atoms with van der Waals surface area (Å²) in [6, 6.07) is 17.5. The molecule has 5 heterocycles. The largest absolute Gasteiger partial charge is 0.351 e. The molecule has 0 radical (unpaired) electrons. The Bertz CT molecular complexity index is 1490. The van der Waals surface area contributed by atoms with Crippen molar-refractivity contribution in [1.82, 2.24) is 34.8 Å². The Morgan fingerprint density at radius 2 is 1.64 bits per heavy atom. The second-order valence-electron chi connectivity index (χ2n) is 8.68. The van der Waals surface area contributed by atoms with E-state index in [0.29, 0.717) is 44.2 Å². The number of amides is 1. The highest BCUT2D eigenvalue weighted by Gasteiger charge is 2.24. The van der Waals surface area contributed by atoms with E-state index in [-0.39, 0.29) is 5.91 Å². The van der Waals surface area contributed by atoms with E-state index in [2.05, 4.69) is 40.9 Å². The molecule has 0 atom stereocenters. The number of fused-ring (bicyclic) bond motifs is 1. The predicted molar refractivity (Wildman–Crippen MR) is 137 cm³/mol. The number of pyridine rings is 1. The lowest BCUT2D eigenvalue weighted by Crippen LogP contribution is -2.49. The first-order valence-electron chi connectivity index (χ1n) is 11.9. The van der Waals surface area contributed by atoms with Gasteiger partial charge >= 0.3 is 0 Å². The smallest absolute Gasteiger partial charge is 0.270 e. The molecule has 6 rings (SSSR count). The van der Waals surface area contributed by atoms with Gasteiger partial charge in [0.2, 0.25) is 5.95 Å². The van der Waals surface area contributed by atoms with Crippen LogP contribution in [0.25, 0.3) is 22.3 Å². The van der Waals surface area contributed by atoms with Crippen LogP contribution in [-0.2, 0) is 6.42 Å². The minimum absolute atomic E-state index is 0.00720. The monoisotopic (exact) mass is 476 g/mol. The Morgan fingerprint density at radius 1 is 0.806 bits per heavy atom. The van der Waals surface area contributed by atoms with Gasteiger partial charge in [-0.2, -0.15) is 0 Å². The second-order valence-corrected chi connectivity index (χ2v) is 8.68. The molecule has 4 aromatic heterocycles. The first-order valence-corrected chi connectivity index (χ1v) is 11.9. The van der Waals surface area contributed by atoms with Crippen LogP contribution >= 0.6 is 0 Å². The molecule has 178 valence electrons. The number of aromatic amines is 1. The summed E-state index contributed by atoms with van der Waals surface area (Å²) in [5.74, 6) is 1.44. The minimum Gasteiger partial charge on any atom is -0.351 e. The summed E-state index contributed by atoms with van der Waals surface area (Å²) in [5, 5.41) is 0.994. The number of carbonyl (C=O) groups is 1. The molecule has 1 aliphatic heterocycles. The molecule has 5 aromatic rings. The maximum Gasteiger partial charge on any atom is 0.270 e. The van der Waals surface area contributed by atoms with E-state index in [4.69, 9.17) is 0 Å². The third-order valence-corrected chi connectivity index (χ3v) is 6.31. The summed E-state index contributed by atoms with van der Waals surface area (Å²) < 4.78 is 0. The SMILES string of the molecule is O=C(c1cc2cc(Cc3nccc(-c4ccccn4)n3)ccc2[nH]1)N1CCN(c2ncccn2)CC1. The lowest BCUT2D eigenvalue weighted by molar-refractivity contribution is 0.0741. The Kier molecular flexibility index (Phi) is 5.79.